The summed E-state index contributed by atoms with van der Waals surface area (Å²) in [5.74, 6) is 0.532. The van der Waals surface area contributed by atoms with Gasteiger partial charge in [-0.1, -0.05) is 0 Å². The molecule has 0 aliphatic heterocycles. The van der Waals surface area contributed by atoms with Gasteiger partial charge in [0.25, 0.3) is 11.6 Å². The molecule has 0 unspecified atom stereocenters. The second-order valence-corrected chi connectivity index (χ2v) is 5.99. The lowest BCUT2D eigenvalue weighted by Crippen LogP contribution is -2.25. The fourth-order valence-corrected chi connectivity index (χ4v) is 2.91. The lowest BCUT2D eigenvalue weighted by atomic mass is 10.1. The molecule has 0 aliphatic carbocycles. The van der Waals surface area contributed by atoms with E-state index in [-0.39, 0.29) is 11.6 Å². The van der Waals surface area contributed by atoms with Crippen molar-refractivity contribution < 1.29 is 14.5 Å². The summed E-state index contributed by atoms with van der Waals surface area (Å²) in [5.41, 5.74) is 2.98. The fraction of sp³-hybridized carbons (Fsp3) is 0.211. The summed E-state index contributed by atoms with van der Waals surface area (Å²) in [6.07, 6.45) is 2.58. The maximum absolute atomic E-state index is 12.3. The molecule has 3 rings (SSSR count). The van der Waals surface area contributed by atoms with Gasteiger partial charge in [-0.2, -0.15) is 0 Å². The number of carbonyl (C=O) groups is 1. The number of ether oxygens (including phenoxy) is 1. The molecule has 1 heterocycles. The number of fused-ring (bicyclic) bond motifs is 1. The van der Waals surface area contributed by atoms with Gasteiger partial charge in [0, 0.05) is 40.8 Å². The highest BCUT2D eigenvalue weighted by atomic mass is 16.6. The molecule has 0 saturated heterocycles. The minimum Gasteiger partial charge on any atom is -0.497 e. The van der Waals surface area contributed by atoms with Crippen LogP contribution in [-0.2, 0) is 6.42 Å². The number of nitro benzene ring substituents is 1. The van der Waals surface area contributed by atoms with E-state index in [0.29, 0.717) is 24.1 Å². The number of H-pyrrole nitrogens is 1. The van der Waals surface area contributed by atoms with Crippen molar-refractivity contribution in [1.29, 1.82) is 0 Å². The molecule has 1 amide bonds. The van der Waals surface area contributed by atoms with E-state index in [9.17, 15) is 14.9 Å². The maximum atomic E-state index is 12.3. The molecule has 0 atom stereocenters. The van der Waals surface area contributed by atoms with Crippen molar-refractivity contribution in [3.63, 3.8) is 0 Å². The topological polar surface area (TPSA) is 97.3 Å². The minimum atomic E-state index is -0.456. The zero-order valence-electron chi connectivity index (χ0n) is 14.5. The Morgan fingerprint density at radius 1 is 1.27 bits per heavy atom. The minimum absolute atomic E-state index is 0.00860. The summed E-state index contributed by atoms with van der Waals surface area (Å²) in [5, 5.41) is 14.8. The molecular formula is C19H19N3O4. The standard InChI is InChI=1S/C19H19N3O4/c1-12-9-13(3-6-18(12)22(24)25)19(23)20-8-7-14-11-21-17-5-4-15(26-2)10-16(14)17/h3-6,9-11,21H,7-8H2,1-2H3,(H,20,23). The number of nitrogens with one attached hydrogen (secondary N) is 2. The molecule has 7 heteroatoms. The van der Waals surface area contributed by atoms with Crippen molar-refractivity contribution >= 4 is 22.5 Å². The van der Waals surface area contributed by atoms with Crippen molar-refractivity contribution in [3.8, 4) is 5.75 Å². The van der Waals surface area contributed by atoms with E-state index in [1.165, 1.54) is 18.2 Å². The van der Waals surface area contributed by atoms with Crippen LogP contribution < -0.4 is 10.1 Å². The summed E-state index contributed by atoms with van der Waals surface area (Å²) >= 11 is 0. The Kier molecular flexibility index (Phi) is 4.88. The molecule has 2 aromatic carbocycles. The van der Waals surface area contributed by atoms with Crippen LogP contribution in [-0.4, -0.2) is 29.5 Å². The predicted molar refractivity (Wildman–Crippen MR) is 98.7 cm³/mol. The second kappa shape index (κ2) is 7.26. The third-order valence-corrected chi connectivity index (χ3v) is 4.31. The van der Waals surface area contributed by atoms with E-state index in [1.54, 1.807) is 14.0 Å². The molecule has 1 aromatic heterocycles. The fourth-order valence-electron chi connectivity index (χ4n) is 2.91. The van der Waals surface area contributed by atoms with Crippen molar-refractivity contribution in [1.82, 2.24) is 10.3 Å². The lowest BCUT2D eigenvalue weighted by molar-refractivity contribution is -0.385. The van der Waals surface area contributed by atoms with Crippen molar-refractivity contribution in [2.45, 2.75) is 13.3 Å². The highest BCUT2D eigenvalue weighted by Crippen LogP contribution is 2.24. The molecule has 3 aromatic rings. The smallest absolute Gasteiger partial charge is 0.272 e. The number of carbonyl (C=O) groups excluding carboxylic acids is 1. The molecule has 7 nitrogen and oxygen atoms in total. The molecule has 26 heavy (non-hydrogen) atoms. The number of nitrogens with zero attached hydrogens (tertiary/aromatic N) is 1. The molecule has 0 radical (unpaired) electrons. The maximum Gasteiger partial charge on any atom is 0.272 e. The van der Waals surface area contributed by atoms with E-state index in [0.717, 1.165) is 22.2 Å². The van der Waals surface area contributed by atoms with E-state index in [2.05, 4.69) is 10.3 Å². The van der Waals surface area contributed by atoms with Crippen LogP contribution in [0.1, 0.15) is 21.5 Å². The molecule has 0 bridgehead atoms. The SMILES string of the molecule is COc1ccc2[nH]cc(CCNC(=O)c3ccc([N+](=O)[O-])c(C)c3)c2c1. The number of aromatic nitrogens is 1. The number of nitro groups is 1. The number of aromatic amines is 1. The first-order valence-corrected chi connectivity index (χ1v) is 8.17. The summed E-state index contributed by atoms with van der Waals surface area (Å²) in [7, 11) is 1.62. The first-order chi connectivity index (χ1) is 12.5. The highest BCUT2D eigenvalue weighted by molar-refractivity contribution is 5.94. The Balaban J connectivity index is 1.65. The van der Waals surface area contributed by atoms with Gasteiger partial charge in [0.2, 0.25) is 0 Å². The van der Waals surface area contributed by atoms with Crippen molar-refractivity contribution in [2.75, 3.05) is 13.7 Å². The number of amides is 1. The van der Waals surface area contributed by atoms with Crippen LogP contribution in [0, 0.1) is 17.0 Å². The van der Waals surface area contributed by atoms with Crippen LogP contribution in [0.2, 0.25) is 0 Å². The van der Waals surface area contributed by atoms with Gasteiger partial charge in [0.05, 0.1) is 12.0 Å². The normalized spacial score (nSPS) is 10.7. The van der Waals surface area contributed by atoms with E-state index in [4.69, 9.17) is 4.74 Å². The van der Waals surface area contributed by atoms with Gasteiger partial charge in [-0.3, -0.25) is 14.9 Å². The van der Waals surface area contributed by atoms with Crippen LogP contribution in [0.3, 0.4) is 0 Å². The van der Waals surface area contributed by atoms with E-state index >= 15 is 0 Å². The lowest BCUT2D eigenvalue weighted by Gasteiger charge is -2.06. The zero-order valence-corrected chi connectivity index (χ0v) is 14.5. The number of hydrogen-bond donors (Lipinski definition) is 2. The predicted octanol–water partition coefficient (Wildman–Crippen LogP) is 3.37. The van der Waals surface area contributed by atoms with Gasteiger partial charge in [-0.15, -0.1) is 0 Å². The van der Waals surface area contributed by atoms with Gasteiger partial charge >= 0.3 is 0 Å². The van der Waals surface area contributed by atoms with Crippen molar-refractivity contribution in [2.24, 2.45) is 0 Å². The first-order valence-electron chi connectivity index (χ1n) is 8.17. The van der Waals surface area contributed by atoms with Gasteiger partial charge in [0.15, 0.2) is 0 Å². The zero-order chi connectivity index (χ0) is 18.7. The monoisotopic (exact) mass is 353 g/mol. The Labute approximate surface area is 150 Å². The van der Waals surface area contributed by atoms with E-state index < -0.39 is 4.92 Å². The summed E-state index contributed by atoms with van der Waals surface area (Å²) in [6, 6.07) is 10.2. The molecule has 0 spiro atoms. The number of benzene rings is 2. The largest absolute Gasteiger partial charge is 0.497 e. The molecule has 0 fully saturated rings. The molecular weight excluding hydrogens is 334 g/mol. The Morgan fingerprint density at radius 3 is 2.77 bits per heavy atom. The van der Waals surface area contributed by atoms with Crippen LogP contribution in [0.25, 0.3) is 10.9 Å². The Hall–Kier alpha value is -3.35. The van der Waals surface area contributed by atoms with Gasteiger partial charge in [-0.05, 0) is 49.2 Å². The summed E-state index contributed by atoms with van der Waals surface area (Å²) in [4.78, 5) is 25.9. The van der Waals surface area contributed by atoms with Gasteiger partial charge in [0.1, 0.15) is 5.75 Å². The average Bonchev–Trinajstić information content (AvgIpc) is 3.03. The van der Waals surface area contributed by atoms with Gasteiger partial charge in [-0.25, -0.2) is 0 Å². The summed E-state index contributed by atoms with van der Waals surface area (Å²) < 4.78 is 5.25. The number of methoxy groups -OCH3 is 1. The molecule has 2 N–H and O–H groups in total. The second-order valence-electron chi connectivity index (χ2n) is 5.99. The van der Waals surface area contributed by atoms with E-state index in [1.807, 2.05) is 24.4 Å². The quantitative estimate of drug-likeness (QED) is 0.524. The van der Waals surface area contributed by atoms with Crippen LogP contribution in [0.5, 0.6) is 5.75 Å². The Morgan fingerprint density at radius 2 is 2.08 bits per heavy atom. The first kappa shape index (κ1) is 17.5. The third-order valence-electron chi connectivity index (χ3n) is 4.31. The van der Waals surface area contributed by atoms with Crippen molar-refractivity contribution in [3.05, 3.63) is 69.4 Å². The number of hydrogen-bond acceptors (Lipinski definition) is 4. The molecule has 0 saturated carbocycles. The highest BCUT2D eigenvalue weighted by Gasteiger charge is 2.13. The third kappa shape index (κ3) is 3.51. The number of aryl methyl sites for hydroxylation is 1. The summed E-state index contributed by atoms with van der Waals surface area (Å²) in [6.45, 7) is 2.08. The average molecular weight is 353 g/mol. The molecule has 134 valence electrons. The Bertz CT molecular complexity index is 978. The van der Waals surface area contributed by atoms with Crippen LogP contribution in [0.15, 0.2) is 42.6 Å². The number of rotatable bonds is 6. The van der Waals surface area contributed by atoms with Crippen LogP contribution >= 0.6 is 0 Å². The molecule has 0 aliphatic rings. The van der Waals surface area contributed by atoms with Crippen LogP contribution in [0.4, 0.5) is 5.69 Å². The van der Waals surface area contributed by atoms with Gasteiger partial charge < -0.3 is 15.0 Å².